The maximum absolute atomic E-state index is 11.8. The second kappa shape index (κ2) is 4.61. The minimum atomic E-state index is 0.120. The van der Waals surface area contributed by atoms with Crippen LogP contribution in [0.1, 0.15) is 28.9 Å². The van der Waals surface area contributed by atoms with Crippen molar-refractivity contribution in [1.29, 1.82) is 0 Å². The molecule has 0 spiro atoms. The minimum absolute atomic E-state index is 0.120. The van der Waals surface area contributed by atoms with Crippen LogP contribution in [0.3, 0.4) is 0 Å². The zero-order valence-electron chi connectivity index (χ0n) is 9.99. The summed E-state index contributed by atoms with van der Waals surface area (Å²) in [4.78, 5) is 11.8. The van der Waals surface area contributed by atoms with E-state index in [1.54, 1.807) is 6.20 Å². The summed E-state index contributed by atoms with van der Waals surface area (Å²) in [6.45, 7) is 0. The molecule has 0 amide bonds. The number of hydrogen-bond donors (Lipinski definition) is 0. The molecule has 0 bridgehead atoms. The van der Waals surface area contributed by atoms with Crippen molar-refractivity contribution < 1.29 is 4.79 Å². The Labute approximate surface area is 106 Å². The SMILES string of the molecule is O=C(C1CC1)n1ccc(C=Cc2ccccc2)n1. The zero-order valence-corrected chi connectivity index (χ0v) is 9.99. The Kier molecular flexibility index (Phi) is 2.81. The quantitative estimate of drug-likeness (QED) is 0.823. The van der Waals surface area contributed by atoms with Gasteiger partial charge in [0.2, 0.25) is 5.91 Å². The Hall–Kier alpha value is -2.16. The molecule has 1 saturated carbocycles. The number of benzene rings is 1. The van der Waals surface area contributed by atoms with E-state index in [4.69, 9.17) is 0 Å². The minimum Gasteiger partial charge on any atom is -0.272 e. The van der Waals surface area contributed by atoms with Gasteiger partial charge in [0.1, 0.15) is 0 Å². The van der Waals surface area contributed by atoms with Gasteiger partial charge in [0.25, 0.3) is 0 Å². The van der Waals surface area contributed by atoms with Crippen molar-refractivity contribution in [3.63, 3.8) is 0 Å². The van der Waals surface area contributed by atoms with E-state index >= 15 is 0 Å². The van der Waals surface area contributed by atoms with E-state index in [1.165, 1.54) is 4.68 Å². The number of nitrogens with zero attached hydrogens (tertiary/aromatic N) is 2. The zero-order chi connectivity index (χ0) is 12.4. The molecule has 1 aromatic heterocycles. The van der Waals surface area contributed by atoms with Gasteiger partial charge in [-0.2, -0.15) is 5.10 Å². The molecule has 3 rings (SSSR count). The summed E-state index contributed by atoms with van der Waals surface area (Å²) in [5, 5.41) is 4.27. The molecule has 0 saturated heterocycles. The molecular weight excluding hydrogens is 224 g/mol. The van der Waals surface area contributed by atoms with Crippen molar-refractivity contribution in [2.75, 3.05) is 0 Å². The van der Waals surface area contributed by atoms with Gasteiger partial charge in [0, 0.05) is 12.1 Å². The largest absolute Gasteiger partial charge is 0.272 e. The van der Waals surface area contributed by atoms with Gasteiger partial charge >= 0.3 is 0 Å². The second-order valence-corrected chi connectivity index (χ2v) is 4.54. The van der Waals surface area contributed by atoms with Gasteiger partial charge in [-0.05, 0) is 30.5 Å². The molecule has 1 fully saturated rings. The van der Waals surface area contributed by atoms with E-state index in [0.717, 1.165) is 24.1 Å². The summed E-state index contributed by atoms with van der Waals surface area (Å²) in [5.74, 6) is 0.324. The van der Waals surface area contributed by atoms with Crippen molar-refractivity contribution in [3.05, 3.63) is 53.9 Å². The van der Waals surface area contributed by atoms with Crippen molar-refractivity contribution in [1.82, 2.24) is 9.78 Å². The Morgan fingerprint density at radius 1 is 1.17 bits per heavy atom. The van der Waals surface area contributed by atoms with Crippen LogP contribution in [0.4, 0.5) is 0 Å². The monoisotopic (exact) mass is 238 g/mol. The Morgan fingerprint density at radius 3 is 2.67 bits per heavy atom. The fourth-order valence-electron chi connectivity index (χ4n) is 1.81. The molecule has 90 valence electrons. The molecule has 1 aromatic carbocycles. The van der Waals surface area contributed by atoms with Crippen LogP contribution < -0.4 is 0 Å². The van der Waals surface area contributed by atoms with Gasteiger partial charge in [-0.3, -0.25) is 4.79 Å². The number of carbonyl (C=O) groups excluding carboxylic acids is 1. The molecule has 0 atom stereocenters. The lowest BCUT2D eigenvalue weighted by Gasteiger charge is -1.95. The predicted octanol–water partition coefficient (Wildman–Crippen LogP) is 3.10. The molecule has 2 aromatic rings. The summed E-state index contributed by atoms with van der Waals surface area (Å²) >= 11 is 0. The van der Waals surface area contributed by atoms with E-state index in [1.807, 2.05) is 48.6 Å². The van der Waals surface area contributed by atoms with E-state index in [2.05, 4.69) is 5.10 Å². The van der Waals surface area contributed by atoms with Crippen molar-refractivity contribution in [3.8, 4) is 0 Å². The standard InChI is InChI=1S/C15H14N2O/c18-15(13-7-8-13)17-11-10-14(16-17)9-6-12-4-2-1-3-5-12/h1-6,9-11,13H,7-8H2. The second-order valence-electron chi connectivity index (χ2n) is 4.54. The average molecular weight is 238 g/mol. The molecule has 1 aliphatic carbocycles. The molecular formula is C15H14N2O. The van der Waals surface area contributed by atoms with E-state index in [-0.39, 0.29) is 11.8 Å². The van der Waals surface area contributed by atoms with Crippen molar-refractivity contribution >= 4 is 18.1 Å². The fraction of sp³-hybridized carbons (Fsp3) is 0.200. The fourth-order valence-corrected chi connectivity index (χ4v) is 1.81. The van der Waals surface area contributed by atoms with Crippen LogP contribution in [0, 0.1) is 5.92 Å². The smallest absolute Gasteiger partial charge is 0.249 e. The van der Waals surface area contributed by atoms with Crippen LogP contribution in [-0.2, 0) is 0 Å². The normalized spacial score (nSPS) is 15.1. The number of hydrogen-bond acceptors (Lipinski definition) is 2. The van der Waals surface area contributed by atoms with Crippen LogP contribution >= 0.6 is 0 Å². The van der Waals surface area contributed by atoms with Gasteiger partial charge in [-0.25, -0.2) is 4.68 Å². The van der Waals surface area contributed by atoms with Crippen molar-refractivity contribution in [2.24, 2.45) is 5.92 Å². The number of carbonyl (C=O) groups is 1. The van der Waals surface area contributed by atoms with Crippen LogP contribution in [0.5, 0.6) is 0 Å². The Bertz CT molecular complexity index is 580. The van der Waals surface area contributed by atoms with Crippen LogP contribution in [0.25, 0.3) is 12.2 Å². The molecule has 3 heteroatoms. The summed E-state index contributed by atoms with van der Waals surface area (Å²) in [6.07, 6.45) is 7.67. The van der Waals surface area contributed by atoms with Gasteiger partial charge in [0.05, 0.1) is 5.69 Å². The molecule has 1 heterocycles. The topological polar surface area (TPSA) is 34.9 Å². The van der Waals surface area contributed by atoms with Gasteiger partial charge in [-0.1, -0.05) is 36.4 Å². The highest BCUT2D eigenvalue weighted by atomic mass is 16.2. The first-order valence-corrected chi connectivity index (χ1v) is 6.16. The van der Waals surface area contributed by atoms with E-state index < -0.39 is 0 Å². The third-order valence-electron chi connectivity index (χ3n) is 3.01. The summed E-state index contributed by atoms with van der Waals surface area (Å²) in [7, 11) is 0. The molecule has 0 radical (unpaired) electrons. The summed E-state index contributed by atoms with van der Waals surface area (Å²) in [5.41, 5.74) is 1.94. The number of aromatic nitrogens is 2. The lowest BCUT2D eigenvalue weighted by atomic mass is 10.2. The van der Waals surface area contributed by atoms with Crippen molar-refractivity contribution in [2.45, 2.75) is 12.8 Å². The predicted molar refractivity (Wildman–Crippen MR) is 70.9 cm³/mol. The van der Waals surface area contributed by atoms with Gasteiger partial charge < -0.3 is 0 Å². The Balaban J connectivity index is 1.73. The first kappa shape index (κ1) is 11.0. The summed E-state index contributed by atoms with van der Waals surface area (Å²) < 4.78 is 1.46. The average Bonchev–Trinajstić information content (AvgIpc) is 3.15. The third-order valence-corrected chi connectivity index (χ3v) is 3.01. The van der Waals surface area contributed by atoms with Gasteiger partial charge in [0.15, 0.2) is 0 Å². The number of rotatable bonds is 3. The molecule has 0 N–H and O–H groups in total. The van der Waals surface area contributed by atoms with Crippen LogP contribution in [0.2, 0.25) is 0 Å². The van der Waals surface area contributed by atoms with Crippen LogP contribution in [0.15, 0.2) is 42.6 Å². The highest BCUT2D eigenvalue weighted by Gasteiger charge is 2.31. The highest BCUT2D eigenvalue weighted by Crippen LogP contribution is 2.30. The third kappa shape index (κ3) is 2.40. The first-order valence-electron chi connectivity index (χ1n) is 6.16. The highest BCUT2D eigenvalue weighted by molar-refractivity contribution is 5.83. The Morgan fingerprint density at radius 2 is 1.94 bits per heavy atom. The molecule has 0 aliphatic heterocycles. The molecule has 0 unspecified atom stereocenters. The van der Waals surface area contributed by atoms with Crippen LogP contribution in [-0.4, -0.2) is 15.7 Å². The maximum Gasteiger partial charge on any atom is 0.249 e. The van der Waals surface area contributed by atoms with Gasteiger partial charge in [-0.15, -0.1) is 0 Å². The lowest BCUT2D eigenvalue weighted by molar-refractivity contribution is 0.0870. The molecule has 1 aliphatic rings. The van der Waals surface area contributed by atoms with E-state index in [0.29, 0.717) is 0 Å². The lowest BCUT2D eigenvalue weighted by Crippen LogP contribution is -2.12. The maximum atomic E-state index is 11.8. The molecule has 18 heavy (non-hydrogen) atoms. The van der Waals surface area contributed by atoms with E-state index in [9.17, 15) is 4.79 Å². The summed E-state index contributed by atoms with van der Waals surface area (Å²) in [6, 6.07) is 11.9. The first-order chi connectivity index (χ1) is 8.83. The molecule has 3 nitrogen and oxygen atoms in total.